The predicted molar refractivity (Wildman–Crippen MR) is 65.3 cm³/mol. The maximum Gasteiger partial charge on any atom is 0.337 e. The topological polar surface area (TPSA) is 108 Å². The van der Waals surface area contributed by atoms with Crippen LogP contribution in [0.5, 0.6) is 0 Å². The maximum absolute atomic E-state index is 10.7. The zero-order valence-electron chi connectivity index (χ0n) is 9.61. The molecule has 2 atom stereocenters. The van der Waals surface area contributed by atoms with E-state index in [1.807, 2.05) is 0 Å². The fourth-order valence-electron chi connectivity index (χ4n) is 1.20. The van der Waals surface area contributed by atoms with E-state index in [1.54, 1.807) is 0 Å². The van der Waals surface area contributed by atoms with Gasteiger partial charge in [0.25, 0.3) is 0 Å². The monoisotopic (exact) mass is 271 g/mol. The van der Waals surface area contributed by atoms with Gasteiger partial charge in [-0.15, -0.1) is 0 Å². The van der Waals surface area contributed by atoms with Crippen LogP contribution in [0.25, 0.3) is 0 Å². The molecular weight excluding hydrogens is 258 g/mol. The summed E-state index contributed by atoms with van der Waals surface area (Å²) in [6.07, 6.45) is -1.28. The van der Waals surface area contributed by atoms with Crippen molar-refractivity contribution in [1.29, 1.82) is 0 Å². The standard InChI is InChI=1S/C11H13NO5S/c1-6(13)18-5-9(14)10(15)8-3-2-7(4-12-8)11(16)17/h2-4,9-10,14-15H,5H2,1H3,(H,16,17). The van der Waals surface area contributed by atoms with Gasteiger partial charge in [0.15, 0.2) is 5.12 Å². The number of carbonyl (C=O) groups excluding carboxylic acids is 1. The van der Waals surface area contributed by atoms with Crippen molar-refractivity contribution in [1.82, 2.24) is 4.98 Å². The second-order valence-electron chi connectivity index (χ2n) is 3.59. The Morgan fingerprint density at radius 3 is 2.50 bits per heavy atom. The lowest BCUT2D eigenvalue weighted by atomic mass is 10.1. The first-order valence-corrected chi connectivity index (χ1v) is 6.09. The van der Waals surface area contributed by atoms with Gasteiger partial charge in [-0.2, -0.15) is 0 Å². The number of aromatic nitrogens is 1. The third-order valence-corrected chi connectivity index (χ3v) is 3.07. The molecular formula is C11H13NO5S. The summed E-state index contributed by atoms with van der Waals surface area (Å²) in [5, 5.41) is 27.9. The summed E-state index contributed by atoms with van der Waals surface area (Å²) >= 11 is 0.900. The molecule has 1 aromatic rings. The van der Waals surface area contributed by atoms with Crippen molar-refractivity contribution in [2.24, 2.45) is 0 Å². The summed E-state index contributed by atoms with van der Waals surface area (Å²) in [6.45, 7) is 1.36. The molecule has 0 aliphatic rings. The highest BCUT2D eigenvalue weighted by Gasteiger charge is 2.20. The molecule has 0 spiro atoms. The van der Waals surface area contributed by atoms with E-state index >= 15 is 0 Å². The average Bonchev–Trinajstić information content (AvgIpc) is 2.35. The van der Waals surface area contributed by atoms with Gasteiger partial charge in [-0.1, -0.05) is 11.8 Å². The van der Waals surface area contributed by atoms with Crippen LogP contribution >= 0.6 is 11.8 Å². The van der Waals surface area contributed by atoms with Gasteiger partial charge >= 0.3 is 5.97 Å². The summed E-state index contributed by atoms with van der Waals surface area (Å²) < 4.78 is 0. The molecule has 1 aromatic heterocycles. The van der Waals surface area contributed by atoms with E-state index < -0.39 is 18.2 Å². The molecule has 0 aromatic carbocycles. The summed E-state index contributed by atoms with van der Waals surface area (Å²) in [5.74, 6) is -1.06. The molecule has 0 aliphatic carbocycles. The molecule has 0 saturated carbocycles. The van der Waals surface area contributed by atoms with Crippen molar-refractivity contribution in [2.45, 2.75) is 19.1 Å². The van der Waals surface area contributed by atoms with Gasteiger partial charge in [0.1, 0.15) is 6.10 Å². The van der Waals surface area contributed by atoms with E-state index in [0.717, 1.165) is 18.0 Å². The fourth-order valence-corrected chi connectivity index (χ4v) is 1.79. The second-order valence-corrected chi connectivity index (χ2v) is 4.79. The molecule has 0 radical (unpaired) electrons. The van der Waals surface area contributed by atoms with Crippen molar-refractivity contribution in [3.8, 4) is 0 Å². The van der Waals surface area contributed by atoms with Crippen molar-refractivity contribution >= 4 is 22.8 Å². The fraction of sp³-hybridized carbons (Fsp3) is 0.364. The van der Waals surface area contributed by atoms with Gasteiger partial charge in [0.2, 0.25) is 0 Å². The number of aliphatic hydroxyl groups is 2. The van der Waals surface area contributed by atoms with Crippen LogP contribution in [0.2, 0.25) is 0 Å². The zero-order chi connectivity index (χ0) is 13.7. The van der Waals surface area contributed by atoms with E-state index in [1.165, 1.54) is 19.1 Å². The Hall–Kier alpha value is -1.44. The molecule has 2 unspecified atom stereocenters. The number of aromatic carboxylic acids is 1. The highest BCUT2D eigenvalue weighted by molar-refractivity contribution is 8.13. The van der Waals surface area contributed by atoms with Crippen LogP contribution in [0.1, 0.15) is 29.1 Å². The molecule has 98 valence electrons. The van der Waals surface area contributed by atoms with Gasteiger partial charge < -0.3 is 15.3 Å². The van der Waals surface area contributed by atoms with Crippen LogP contribution in [0.3, 0.4) is 0 Å². The number of hydrogen-bond acceptors (Lipinski definition) is 6. The number of nitrogens with zero attached hydrogens (tertiary/aromatic N) is 1. The number of aliphatic hydroxyl groups excluding tert-OH is 2. The first-order valence-electron chi connectivity index (χ1n) is 5.10. The minimum Gasteiger partial charge on any atom is -0.478 e. The highest BCUT2D eigenvalue weighted by Crippen LogP contribution is 2.18. The summed E-state index contributed by atoms with van der Waals surface area (Å²) in [4.78, 5) is 25.1. The van der Waals surface area contributed by atoms with Crippen molar-refractivity contribution in [2.75, 3.05) is 5.75 Å². The maximum atomic E-state index is 10.7. The van der Waals surface area contributed by atoms with Gasteiger partial charge in [-0.3, -0.25) is 9.78 Å². The van der Waals surface area contributed by atoms with Crippen molar-refractivity contribution in [3.63, 3.8) is 0 Å². The lowest BCUT2D eigenvalue weighted by molar-refractivity contribution is -0.109. The molecule has 6 nitrogen and oxygen atoms in total. The smallest absolute Gasteiger partial charge is 0.337 e. The number of thioether (sulfide) groups is 1. The summed E-state index contributed by atoms with van der Waals surface area (Å²) in [6, 6.07) is 2.62. The highest BCUT2D eigenvalue weighted by atomic mass is 32.2. The molecule has 0 fully saturated rings. The zero-order valence-corrected chi connectivity index (χ0v) is 10.4. The van der Waals surface area contributed by atoms with Crippen LogP contribution in [0.4, 0.5) is 0 Å². The molecule has 0 aliphatic heterocycles. The average molecular weight is 271 g/mol. The summed E-state index contributed by atoms with van der Waals surface area (Å²) in [7, 11) is 0. The molecule has 1 heterocycles. The van der Waals surface area contributed by atoms with Crippen LogP contribution in [0.15, 0.2) is 18.3 Å². The van der Waals surface area contributed by atoms with E-state index in [0.29, 0.717) is 0 Å². The number of carbonyl (C=O) groups is 2. The van der Waals surface area contributed by atoms with Crippen LogP contribution in [-0.2, 0) is 4.79 Å². The van der Waals surface area contributed by atoms with Gasteiger partial charge in [-0.05, 0) is 12.1 Å². The normalized spacial score (nSPS) is 13.9. The molecule has 0 amide bonds. The van der Waals surface area contributed by atoms with E-state index in [-0.39, 0.29) is 22.1 Å². The van der Waals surface area contributed by atoms with Crippen molar-refractivity contribution in [3.05, 3.63) is 29.6 Å². The largest absolute Gasteiger partial charge is 0.478 e. The first kappa shape index (κ1) is 14.6. The predicted octanol–water partition coefficient (Wildman–Crippen LogP) is 0.454. The molecule has 18 heavy (non-hydrogen) atoms. The van der Waals surface area contributed by atoms with Crippen LogP contribution in [0, 0.1) is 0 Å². The van der Waals surface area contributed by atoms with E-state index in [4.69, 9.17) is 5.11 Å². The minimum absolute atomic E-state index is 0.00134. The van der Waals surface area contributed by atoms with Gasteiger partial charge in [-0.25, -0.2) is 4.79 Å². The van der Waals surface area contributed by atoms with E-state index in [9.17, 15) is 19.8 Å². The summed E-state index contributed by atoms with van der Waals surface area (Å²) in [5.41, 5.74) is 0.162. The molecule has 0 saturated heterocycles. The number of rotatable bonds is 5. The Bertz CT molecular complexity index is 434. The number of carboxylic acid groups (broad SMARTS) is 1. The lowest BCUT2D eigenvalue weighted by Gasteiger charge is -2.16. The first-order chi connectivity index (χ1) is 8.41. The van der Waals surface area contributed by atoms with Gasteiger partial charge in [0, 0.05) is 18.9 Å². The van der Waals surface area contributed by atoms with Gasteiger partial charge in [0.05, 0.1) is 17.4 Å². The molecule has 7 heteroatoms. The number of hydrogen-bond donors (Lipinski definition) is 3. The lowest BCUT2D eigenvalue weighted by Crippen LogP contribution is -2.22. The Morgan fingerprint density at radius 1 is 1.39 bits per heavy atom. The minimum atomic E-state index is -1.25. The molecule has 3 N–H and O–H groups in total. The SMILES string of the molecule is CC(=O)SCC(O)C(O)c1ccc(C(=O)O)cn1. The number of carboxylic acids is 1. The Balaban J connectivity index is 2.68. The van der Waals surface area contributed by atoms with E-state index in [2.05, 4.69) is 4.98 Å². The van der Waals surface area contributed by atoms with Crippen molar-refractivity contribution < 1.29 is 24.9 Å². The second kappa shape index (κ2) is 6.48. The van der Waals surface area contributed by atoms with Crippen LogP contribution in [-0.4, -0.2) is 43.2 Å². The quantitative estimate of drug-likeness (QED) is 0.713. The van der Waals surface area contributed by atoms with Crippen LogP contribution < -0.4 is 0 Å². The molecule has 0 bridgehead atoms. The Morgan fingerprint density at radius 2 is 2.06 bits per heavy atom. The Labute approximate surface area is 108 Å². The third-order valence-electron chi connectivity index (χ3n) is 2.16. The number of pyridine rings is 1. The Kier molecular flexibility index (Phi) is 5.26. The molecule has 1 rings (SSSR count). The third kappa shape index (κ3) is 4.10.